The molecule has 0 saturated heterocycles. The molecule has 13 aromatic carbocycles. The van der Waals surface area contributed by atoms with E-state index in [-0.39, 0.29) is 5.41 Å². The topological polar surface area (TPSA) is 183 Å². The Morgan fingerprint density at radius 3 is 1.39 bits per heavy atom. The number of fused-ring (bicyclic) bond motifs is 14. The first-order valence-electron chi connectivity index (χ1n) is 49.9. The van der Waals surface area contributed by atoms with E-state index in [0.717, 1.165) is 90.1 Å². The van der Waals surface area contributed by atoms with Crippen molar-refractivity contribution in [3.63, 3.8) is 0 Å². The third-order valence-corrected chi connectivity index (χ3v) is 28.0. The van der Waals surface area contributed by atoms with Crippen LogP contribution in [-0.2, 0) is 47.7 Å². The van der Waals surface area contributed by atoms with Crippen LogP contribution in [0.15, 0.2) is 380 Å². The number of anilines is 5. The summed E-state index contributed by atoms with van der Waals surface area (Å²) in [5.41, 5.74) is 32.3. The number of hydrogen-bond acceptors (Lipinski definition) is 17. The number of ether oxygens (including phenoxy) is 3. The summed E-state index contributed by atoms with van der Waals surface area (Å²) in [5, 5.41) is 16.5. The summed E-state index contributed by atoms with van der Waals surface area (Å²) in [7, 11) is 20.1. The van der Waals surface area contributed by atoms with Crippen molar-refractivity contribution in [2.24, 2.45) is 42.3 Å². The van der Waals surface area contributed by atoms with Gasteiger partial charge in [0.1, 0.15) is 11.1 Å². The highest BCUT2D eigenvalue weighted by atomic mass is 32.2. The van der Waals surface area contributed by atoms with Gasteiger partial charge in [0.2, 0.25) is 0 Å². The van der Waals surface area contributed by atoms with Crippen LogP contribution in [0.5, 0.6) is 34.5 Å². The maximum Gasteiger partial charge on any atom is 0.170 e. The van der Waals surface area contributed by atoms with Gasteiger partial charge in [-0.05, 0) is 314 Å². The van der Waals surface area contributed by atoms with Crippen molar-refractivity contribution < 1.29 is 18.6 Å². The Balaban J connectivity index is 0.000000122. The lowest BCUT2D eigenvalue weighted by Crippen LogP contribution is -2.15. The Morgan fingerprint density at radius 2 is 0.847 bits per heavy atom. The average molecular weight is 2030 g/mol. The van der Waals surface area contributed by atoms with E-state index in [2.05, 4.69) is 389 Å². The summed E-state index contributed by atoms with van der Waals surface area (Å²) in [4.78, 5) is 33.0. The molecule has 13 heterocycles. The Morgan fingerprint density at radius 1 is 0.347 bits per heavy atom. The Hall–Kier alpha value is -16.9. The van der Waals surface area contributed by atoms with Gasteiger partial charge >= 0.3 is 0 Å². The minimum Gasteiger partial charge on any atom is -0.464 e. The van der Waals surface area contributed by atoms with Gasteiger partial charge in [-0.25, -0.2) is 19.6 Å². The number of allylic oxidation sites excluding steroid dienone is 1. The van der Waals surface area contributed by atoms with E-state index in [4.69, 9.17) is 18.6 Å². The summed E-state index contributed by atoms with van der Waals surface area (Å²) in [6.07, 6.45) is 24.8. The minimum atomic E-state index is 0.247. The third kappa shape index (κ3) is 27.5. The molecular formula is C127H133N17O4S2. The molecule has 4 aliphatic rings. The van der Waals surface area contributed by atoms with Crippen LogP contribution >= 0.6 is 23.1 Å². The van der Waals surface area contributed by atoms with Crippen LogP contribution in [-0.4, -0.2) is 96.2 Å². The highest BCUT2D eigenvalue weighted by Crippen LogP contribution is 2.50. The number of benzene rings is 13. The molecule has 0 spiro atoms. The van der Waals surface area contributed by atoms with E-state index in [1.54, 1.807) is 21.8 Å². The zero-order valence-electron chi connectivity index (χ0n) is 90.3. The molecule has 0 N–H and O–H groups in total. The highest BCUT2D eigenvalue weighted by Gasteiger charge is 2.26. The first-order chi connectivity index (χ1) is 72.1. The Labute approximate surface area is 889 Å². The lowest BCUT2D eigenvalue weighted by atomic mass is 9.87. The monoisotopic (exact) mass is 2020 g/mol. The molecule has 27 rings (SSSR count). The number of rotatable bonds is 1. The van der Waals surface area contributed by atoms with Crippen LogP contribution < -0.4 is 28.9 Å². The lowest BCUT2D eigenvalue weighted by molar-refractivity contribution is 0.358. The van der Waals surface area contributed by atoms with Crippen LogP contribution in [0, 0.1) is 83.1 Å². The number of aryl methyl sites for hydroxylation is 18. The zero-order chi connectivity index (χ0) is 106. The van der Waals surface area contributed by atoms with Crippen molar-refractivity contribution in [1.29, 1.82) is 0 Å². The van der Waals surface area contributed by atoms with Crippen molar-refractivity contribution in [3.05, 3.63) is 442 Å². The zero-order valence-corrected chi connectivity index (χ0v) is 91.9. The smallest absolute Gasteiger partial charge is 0.170 e. The van der Waals surface area contributed by atoms with E-state index in [0.29, 0.717) is 0 Å². The number of thiophene rings is 1. The number of hydrogen-bond donors (Lipinski definition) is 0. The maximum absolute atomic E-state index is 5.97. The molecule has 23 heteroatoms. The van der Waals surface area contributed by atoms with Gasteiger partial charge in [0, 0.05) is 161 Å². The number of imidazole rings is 3. The van der Waals surface area contributed by atoms with Crippen LogP contribution in [0.1, 0.15) is 90.4 Å². The number of pyridine rings is 2. The summed E-state index contributed by atoms with van der Waals surface area (Å²) < 4.78 is 34.6. The molecule has 0 bridgehead atoms. The fourth-order valence-corrected chi connectivity index (χ4v) is 18.9. The quantitative estimate of drug-likeness (QED) is 0.151. The second kappa shape index (κ2) is 49.5. The van der Waals surface area contributed by atoms with Crippen molar-refractivity contribution in [2.75, 3.05) is 42.9 Å². The molecule has 150 heavy (non-hydrogen) atoms. The maximum atomic E-state index is 5.97. The van der Waals surface area contributed by atoms with Gasteiger partial charge in [-0.15, -0.1) is 16.4 Å². The summed E-state index contributed by atoms with van der Waals surface area (Å²) >= 11 is 3.69. The van der Waals surface area contributed by atoms with Gasteiger partial charge in [-0.1, -0.05) is 175 Å². The number of aromatic nitrogens is 14. The van der Waals surface area contributed by atoms with E-state index >= 15 is 0 Å². The SMILES string of the molecule is CC1(C)C=Cc2ccccc21.CN1c2ccccc2Sc2ccccc21.Cc1cc2c(cc1C)Oc1cc(C)c(C)cc1O2.Cc1ccc(C)s1.Cc1ccc(N(C)C)cc1.Cc1ccc2c(c1)Oc1cc(C)ccc1N2C.Cc1ccc2c(c1)ncn2C.Cc1ccc2occc2c1.Cc1cncc2ccccc12.Cn1ccc2cnccc21.Cn1cccn1.Cn1cnc2cc3c(cc21)ncn3C.Cn1nnc2ccccc21. The highest BCUT2D eigenvalue weighted by molar-refractivity contribution is 7.99. The fourth-order valence-electron chi connectivity index (χ4n) is 17.0. The fraction of sp³-hybridized carbons (Fsp3) is 0.197. The van der Waals surface area contributed by atoms with Gasteiger partial charge < -0.3 is 51.6 Å². The van der Waals surface area contributed by atoms with E-state index in [1.807, 2.05) is 234 Å². The molecule has 3 aliphatic heterocycles. The molecule has 0 amide bonds. The largest absolute Gasteiger partial charge is 0.464 e. The standard InChI is InChI=1S/C16H16O2.C15H15NO.C13H11NS.C11H12.C10H10N4.C10H9N.C9H10N2.C9H13N.C9H8O.C8H8N2.C7H7N3.C6H8S.C4H6N2/c1-9-5-13-14(6-10(9)2)18-16-8-12(4)11(3)7-15(16)17-13;1-10-4-6-12-14(8-10)17-15-9-11(2)5-7-13(15)16(12)3;1-14-10-6-2-4-8-12(10)15-13-9-5-3-7-11(13)14;1-11(2)8-7-9-5-3-4-6-10(9)11;1-13-5-11-7-4-10-8(3-9(7)13)12-6-14(10)2;1-8-6-11-7-9-4-2-3-5-10(8)9;1-7-3-4-9-8(5-7)10-6-11(9)2;1-8-4-6-9(7-5-8)10(2)3;1-7-2-3-9-8(6-7)4-5-10-9;1-10-5-3-7-6-9-4-2-8(7)10;1-10-7-5-3-2-4-6(7)8-9-10;1-5-3-4-6(2)7-5;1-6-4-2-3-5-6/h5-8H,1-4H3;4-9H,1-3H3;2-9H,1H3;3-8H,1-2H3;3-6H,1-2H3;2-7H,1H3;3-6H,1-2H3;4-7H,1-3H3;2*2-6H,1H3;2-5H,1H3;3-4H,1-2H3;2-4H,1H3. The van der Waals surface area contributed by atoms with Crippen LogP contribution in [0.2, 0.25) is 0 Å². The Kier molecular flexibility index (Phi) is 35.5. The number of para-hydroxylation sites is 3. The van der Waals surface area contributed by atoms with Gasteiger partial charge in [-0.2, -0.15) is 5.10 Å². The molecular weight excluding hydrogens is 1890 g/mol. The lowest BCUT2D eigenvalue weighted by Gasteiger charge is -2.30. The Bertz CT molecular complexity index is 8170. The average Bonchev–Trinajstić information content (AvgIpc) is 1.55. The number of furan rings is 1. The molecule has 0 atom stereocenters. The predicted octanol–water partition coefficient (Wildman–Crippen LogP) is 31.9. The molecule has 0 radical (unpaired) electrons. The predicted molar refractivity (Wildman–Crippen MR) is 626 cm³/mol. The molecule has 0 unspecified atom stereocenters. The molecule has 10 aromatic heterocycles. The van der Waals surface area contributed by atoms with Gasteiger partial charge in [0.25, 0.3) is 0 Å². The molecule has 762 valence electrons. The normalized spacial score (nSPS) is 11.7. The summed E-state index contributed by atoms with van der Waals surface area (Å²) in [6, 6.07) is 99.7. The van der Waals surface area contributed by atoms with Crippen LogP contribution in [0.3, 0.4) is 0 Å². The molecule has 23 aromatic rings. The van der Waals surface area contributed by atoms with Crippen LogP contribution in [0.25, 0.3) is 82.9 Å². The summed E-state index contributed by atoms with van der Waals surface area (Å²) in [6.45, 7) is 29.5. The number of nitrogens with zero attached hydrogens (tertiary/aromatic N) is 17. The van der Waals surface area contributed by atoms with Crippen molar-refractivity contribution in [3.8, 4) is 34.5 Å². The van der Waals surface area contributed by atoms with E-state index in [9.17, 15) is 0 Å². The molecule has 0 fully saturated rings. The first kappa shape index (κ1) is 107. The first-order valence-corrected chi connectivity index (χ1v) is 51.5. The van der Waals surface area contributed by atoms with Crippen molar-refractivity contribution in [1.82, 2.24) is 68.0 Å². The van der Waals surface area contributed by atoms with E-state index in [1.165, 1.54) is 136 Å². The summed E-state index contributed by atoms with van der Waals surface area (Å²) in [5.74, 6) is 5.07. The van der Waals surface area contributed by atoms with Gasteiger partial charge in [-0.3, -0.25) is 14.6 Å². The third-order valence-electron chi connectivity index (χ3n) is 25.9. The molecule has 0 saturated carbocycles. The second-order valence-corrected chi connectivity index (χ2v) is 41.0. The molecule has 1 aliphatic carbocycles. The molecule has 21 nitrogen and oxygen atoms in total. The van der Waals surface area contributed by atoms with Crippen LogP contribution in [0.4, 0.5) is 28.4 Å². The minimum absolute atomic E-state index is 0.247. The van der Waals surface area contributed by atoms with Gasteiger partial charge in [0.15, 0.2) is 34.5 Å². The van der Waals surface area contributed by atoms with E-state index < -0.39 is 0 Å². The van der Waals surface area contributed by atoms with Crippen molar-refractivity contribution in [2.45, 2.75) is 112 Å². The van der Waals surface area contributed by atoms with Gasteiger partial charge in [0.05, 0.1) is 92.1 Å². The van der Waals surface area contributed by atoms with Crippen molar-refractivity contribution >= 4 is 134 Å². The second-order valence-electron chi connectivity index (χ2n) is 38.5.